The molecule has 0 amide bonds. The van der Waals surface area contributed by atoms with Crippen molar-refractivity contribution >= 4 is 0 Å². The van der Waals surface area contributed by atoms with Crippen molar-refractivity contribution in [1.29, 1.82) is 0 Å². The third kappa shape index (κ3) is 6.07. The number of hydrogen-bond acceptors (Lipinski definition) is 3. The van der Waals surface area contributed by atoms with E-state index in [0.717, 1.165) is 39.1 Å². The summed E-state index contributed by atoms with van der Waals surface area (Å²) in [5, 5.41) is 3.79. The van der Waals surface area contributed by atoms with Crippen LogP contribution in [0.3, 0.4) is 0 Å². The molecule has 26 heavy (non-hydrogen) atoms. The summed E-state index contributed by atoms with van der Waals surface area (Å²) in [5.41, 5.74) is 1.65. The first-order valence-corrected chi connectivity index (χ1v) is 10.6. The summed E-state index contributed by atoms with van der Waals surface area (Å²) >= 11 is 0. The maximum atomic E-state index is 6.05. The molecule has 1 N–H and O–H groups in total. The minimum atomic E-state index is -0.0451. The van der Waals surface area contributed by atoms with Crippen molar-refractivity contribution in [3.63, 3.8) is 0 Å². The molecule has 0 aromatic heterocycles. The minimum absolute atomic E-state index is 0.0451. The molecule has 0 saturated carbocycles. The van der Waals surface area contributed by atoms with E-state index in [-0.39, 0.29) is 11.0 Å². The van der Waals surface area contributed by atoms with Crippen LogP contribution in [0.1, 0.15) is 65.9 Å². The molecule has 1 aliphatic heterocycles. The van der Waals surface area contributed by atoms with Crippen LogP contribution in [-0.4, -0.2) is 49.3 Å². The quantitative estimate of drug-likeness (QED) is 0.617. The fourth-order valence-corrected chi connectivity index (χ4v) is 4.66. The van der Waals surface area contributed by atoms with Gasteiger partial charge >= 0.3 is 0 Å². The van der Waals surface area contributed by atoms with Gasteiger partial charge in [0, 0.05) is 18.1 Å². The Morgan fingerprint density at radius 1 is 1.15 bits per heavy atom. The van der Waals surface area contributed by atoms with Crippen molar-refractivity contribution in [2.45, 2.75) is 77.4 Å². The molecule has 3 nitrogen and oxygen atoms in total. The first-order valence-electron chi connectivity index (χ1n) is 10.6. The lowest BCUT2D eigenvalue weighted by molar-refractivity contribution is -0.0854. The third-order valence-corrected chi connectivity index (χ3v) is 5.96. The number of ether oxygens (including phenoxy) is 1. The zero-order chi connectivity index (χ0) is 19.0. The lowest BCUT2D eigenvalue weighted by Gasteiger charge is -2.46. The predicted octanol–water partition coefficient (Wildman–Crippen LogP) is 4.61. The highest BCUT2D eigenvalue weighted by atomic mass is 16.5. The highest BCUT2D eigenvalue weighted by Gasteiger charge is 2.42. The zero-order valence-electron chi connectivity index (χ0n) is 17.7. The van der Waals surface area contributed by atoms with Gasteiger partial charge in [0.15, 0.2) is 0 Å². The van der Waals surface area contributed by atoms with Gasteiger partial charge in [0.25, 0.3) is 0 Å². The molecular formula is C23H40N2O. The second kappa shape index (κ2) is 9.87. The Kier molecular flexibility index (Phi) is 8.12. The number of nitrogens with zero attached hydrogens (tertiary/aromatic N) is 1. The standard InChI is InChI=1S/C23H40N2O/c1-6-25(7-2)16-11-15-24-20(3)18-23(21-12-9-8-10-13-21)14-17-26-22(4,5)19-23/h8-10,12-13,20,24H,6-7,11,14-19H2,1-5H3/t20-,23-/m0/s1. The largest absolute Gasteiger partial charge is 0.376 e. The van der Waals surface area contributed by atoms with Gasteiger partial charge in [-0.3, -0.25) is 0 Å². The maximum Gasteiger partial charge on any atom is 0.0635 e. The summed E-state index contributed by atoms with van der Waals surface area (Å²) in [4.78, 5) is 2.50. The molecule has 1 fully saturated rings. The molecular weight excluding hydrogens is 320 g/mol. The smallest absolute Gasteiger partial charge is 0.0635 e. The maximum absolute atomic E-state index is 6.05. The molecule has 2 atom stereocenters. The summed E-state index contributed by atoms with van der Waals surface area (Å²) in [6.45, 7) is 16.8. The summed E-state index contributed by atoms with van der Waals surface area (Å²) in [6.07, 6.45) is 4.61. The van der Waals surface area contributed by atoms with Gasteiger partial charge in [-0.05, 0) is 78.2 Å². The molecule has 0 spiro atoms. The highest BCUT2D eigenvalue weighted by molar-refractivity contribution is 5.27. The van der Waals surface area contributed by atoms with Gasteiger partial charge in [0.05, 0.1) is 5.60 Å². The second-order valence-corrected chi connectivity index (χ2v) is 8.62. The van der Waals surface area contributed by atoms with Crippen LogP contribution in [0.25, 0.3) is 0 Å². The summed E-state index contributed by atoms with van der Waals surface area (Å²) in [6, 6.07) is 11.6. The lowest BCUT2D eigenvalue weighted by Crippen LogP contribution is -2.47. The fraction of sp³-hybridized carbons (Fsp3) is 0.739. The molecule has 1 aliphatic rings. The first kappa shape index (κ1) is 21.4. The van der Waals surface area contributed by atoms with Crippen LogP contribution in [0, 0.1) is 0 Å². The highest BCUT2D eigenvalue weighted by Crippen LogP contribution is 2.44. The van der Waals surface area contributed by atoms with E-state index < -0.39 is 0 Å². The van der Waals surface area contributed by atoms with Gasteiger partial charge < -0.3 is 15.0 Å². The van der Waals surface area contributed by atoms with E-state index in [0.29, 0.717) is 6.04 Å². The van der Waals surface area contributed by atoms with Crippen LogP contribution < -0.4 is 5.32 Å². The molecule has 3 heteroatoms. The summed E-state index contributed by atoms with van der Waals surface area (Å²) in [5.74, 6) is 0. The van der Waals surface area contributed by atoms with Gasteiger partial charge in [0.1, 0.15) is 0 Å². The van der Waals surface area contributed by atoms with Crippen LogP contribution in [0.4, 0.5) is 0 Å². The van der Waals surface area contributed by atoms with Crippen LogP contribution in [0.15, 0.2) is 30.3 Å². The van der Waals surface area contributed by atoms with E-state index in [4.69, 9.17) is 4.74 Å². The van der Waals surface area contributed by atoms with Crippen LogP contribution in [0.5, 0.6) is 0 Å². The van der Waals surface area contributed by atoms with E-state index in [1.165, 1.54) is 24.9 Å². The monoisotopic (exact) mass is 360 g/mol. The van der Waals surface area contributed by atoms with Gasteiger partial charge in [-0.15, -0.1) is 0 Å². The van der Waals surface area contributed by atoms with Crippen LogP contribution in [0.2, 0.25) is 0 Å². The minimum Gasteiger partial charge on any atom is -0.376 e. The van der Waals surface area contributed by atoms with Crippen molar-refractivity contribution in [2.75, 3.05) is 32.8 Å². The summed E-state index contributed by atoms with van der Waals surface area (Å²) in [7, 11) is 0. The topological polar surface area (TPSA) is 24.5 Å². The van der Waals surface area contributed by atoms with E-state index in [1.54, 1.807) is 0 Å². The second-order valence-electron chi connectivity index (χ2n) is 8.62. The Morgan fingerprint density at radius 2 is 1.85 bits per heavy atom. The average Bonchev–Trinajstić information content (AvgIpc) is 2.62. The first-order chi connectivity index (χ1) is 12.4. The van der Waals surface area contributed by atoms with Crippen molar-refractivity contribution in [3.05, 3.63) is 35.9 Å². The Balaban J connectivity index is 1.97. The van der Waals surface area contributed by atoms with Gasteiger partial charge in [0.2, 0.25) is 0 Å². The van der Waals surface area contributed by atoms with Gasteiger partial charge in [-0.25, -0.2) is 0 Å². The van der Waals surface area contributed by atoms with E-state index in [2.05, 4.69) is 75.2 Å². The molecule has 0 bridgehead atoms. The number of benzene rings is 1. The lowest BCUT2D eigenvalue weighted by atomic mass is 9.66. The molecule has 0 unspecified atom stereocenters. The predicted molar refractivity (Wildman–Crippen MR) is 112 cm³/mol. The summed E-state index contributed by atoms with van der Waals surface area (Å²) < 4.78 is 6.05. The molecule has 0 aliphatic carbocycles. The number of nitrogens with one attached hydrogen (secondary N) is 1. The Morgan fingerprint density at radius 3 is 2.46 bits per heavy atom. The molecule has 2 rings (SSSR count). The van der Waals surface area contributed by atoms with Gasteiger partial charge in [-0.1, -0.05) is 44.2 Å². The molecule has 148 valence electrons. The SMILES string of the molecule is CCN(CC)CCCN[C@@H](C)C[C@@]1(c2ccccc2)CCOC(C)(C)C1. The molecule has 1 saturated heterocycles. The number of hydrogen-bond donors (Lipinski definition) is 1. The van der Waals surface area contributed by atoms with E-state index in [9.17, 15) is 0 Å². The Labute approximate surface area is 161 Å². The Hall–Kier alpha value is -0.900. The van der Waals surface area contributed by atoms with Crippen molar-refractivity contribution in [2.24, 2.45) is 0 Å². The normalized spacial score (nSPS) is 23.9. The number of rotatable bonds is 10. The van der Waals surface area contributed by atoms with E-state index >= 15 is 0 Å². The van der Waals surface area contributed by atoms with Crippen molar-refractivity contribution in [3.8, 4) is 0 Å². The zero-order valence-corrected chi connectivity index (χ0v) is 17.7. The average molecular weight is 361 g/mol. The van der Waals surface area contributed by atoms with Crippen molar-refractivity contribution < 1.29 is 4.74 Å². The third-order valence-electron chi connectivity index (χ3n) is 5.96. The molecule has 0 radical (unpaired) electrons. The van der Waals surface area contributed by atoms with Crippen LogP contribution in [-0.2, 0) is 10.2 Å². The molecule has 1 heterocycles. The Bertz CT molecular complexity index is 512. The van der Waals surface area contributed by atoms with Gasteiger partial charge in [-0.2, -0.15) is 0 Å². The van der Waals surface area contributed by atoms with Crippen molar-refractivity contribution in [1.82, 2.24) is 10.2 Å². The fourth-order valence-electron chi connectivity index (χ4n) is 4.66. The van der Waals surface area contributed by atoms with Crippen LogP contribution >= 0.6 is 0 Å². The molecule has 1 aromatic rings. The molecule has 1 aromatic carbocycles. The van der Waals surface area contributed by atoms with E-state index in [1.807, 2.05) is 0 Å².